The molecule has 0 saturated heterocycles. The maximum atomic E-state index is 13.1. The smallest absolute Gasteiger partial charge is 0.264 e. The Bertz CT molecular complexity index is 852. The van der Waals surface area contributed by atoms with Crippen molar-refractivity contribution in [2.24, 2.45) is 0 Å². The molecule has 1 aliphatic heterocycles. The predicted octanol–water partition coefficient (Wildman–Crippen LogP) is 4.84. The summed E-state index contributed by atoms with van der Waals surface area (Å²) in [7, 11) is 0. The Hall–Kier alpha value is -2.39. The quantitative estimate of drug-likeness (QED) is 0.657. The summed E-state index contributed by atoms with van der Waals surface area (Å²) in [6, 6.07) is 20.9. The molecule has 0 fully saturated rings. The summed E-state index contributed by atoms with van der Waals surface area (Å²) in [5.41, 5.74) is 5.01. The Morgan fingerprint density at radius 1 is 1.04 bits per heavy atom. The summed E-state index contributed by atoms with van der Waals surface area (Å²) >= 11 is 1.51. The van der Waals surface area contributed by atoms with Crippen LogP contribution in [0.25, 0.3) is 0 Å². The fourth-order valence-corrected chi connectivity index (χ4v) is 4.11. The maximum Gasteiger partial charge on any atom is 0.264 e. The molecule has 0 saturated carbocycles. The van der Waals surface area contributed by atoms with Crippen LogP contribution in [0, 0.1) is 6.92 Å². The van der Waals surface area contributed by atoms with Gasteiger partial charge in [-0.1, -0.05) is 60.2 Å². The van der Waals surface area contributed by atoms with E-state index in [9.17, 15) is 4.79 Å². The molecule has 2 aromatic carbocycles. The minimum atomic E-state index is -0.00912. The van der Waals surface area contributed by atoms with Gasteiger partial charge in [0.25, 0.3) is 5.91 Å². The van der Waals surface area contributed by atoms with Crippen LogP contribution in [0.15, 0.2) is 66.0 Å². The molecular weight excluding hydrogens is 314 g/mol. The lowest BCUT2D eigenvalue weighted by Gasteiger charge is -2.37. The summed E-state index contributed by atoms with van der Waals surface area (Å²) < 4.78 is 0. The predicted molar refractivity (Wildman–Crippen MR) is 98.5 cm³/mol. The number of aryl methyl sites for hydroxylation is 1. The zero-order valence-electron chi connectivity index (χ0n) is 13.6. The molecule has 0 spiro atoms. The fraction of sp³-hybridized carbons (Fsp3) is 0.190. The van der Waals surface area contributed by atoms with Gasteiger partial charge in [0, 0.05) is 6.54 Å². The number of carbonyl (C=O) groups excluding carboxylic acids is 1. The van der Waals surface area contributed by atoms with Crippen molar-refractivity contribution in [3.8, 4) is 0 Å². The highest BCUT2D eigenvalue weighted by Crippen LogP contribution is 2.36. The number of thiophene rings is 1. The largest absolute Gasteiger partial charge is 0.326 e. The molecule has 0 aliphatic carbocycles. The molecule has 3 heteroatoms. The van der Waals surface area contributed by atoms with Crippen molar-refractivity contribution in [3.63, 3.8) is 0 Å². The first-order valence-electron chi connectivity index (χ1n) is 8.23. The molecule has 24 heavy (non-hydrogen) atoms. The molecule has 2 nitrogen and oxygen atoms in total. The highest BCUT2D eigenvalue weighted by atomic mass is 32.1. The molecule has 120 valence electrons. The van der Waals surface area contributed by atoms with E-state index in [4.69, 9.17) is 0 Å². The Morgan fingerprint density at radius 3 is 2.58 bits per heavy atom. The Labute approximate surface area is 146 Å². The number of fused-ring (bicyclic) bond motifs is 1. The molecule has 1 amide bonds. The van der Waals surface area contributed by atoms with Crippen molar-refractivity contribution < 1.29 is 4.79 Å². The second-order valence-corrected chi connectivity index (χ2v) is 7.19. The third kappa shape index (κ3) is 2.65. The number of hydrogen-bond donors (Lipinski definition) is 0. The van der Waals surface area contributed by atoms with Crippen LogP contribution in [0.1, 0.15) is 38.0 Å². The average Bonchev–Trinajstić information content (AvgIpc) is 3.16. The standard InChI is InChI=1S/C21H19NOS/c1-15-8-10-17(11-9-15)20-18-6-3-2-5-16(18)12-13-22(20)21(23)19-7-4-14-24-19/h2-11,14,20H,12-13H2,1H3. The van der Waals surface area contributed by atoms with Gasteiger partial charge in [0.05, 0.1) is 10.9 Å². The first-order chi connectivity index (χ1) is 11.7. The number of hydrogen-bond acceptors (Lipinski definition) is 2. The first-order valence-corrected chi connectivity index (χ1v) is 9.11. The van der Waals surface area contributed by atoms with E-state index >= 15 is 0 Å². The van der Waals surface area contributed by atoms with E-state index in [0.717, 1.165) is 17.8 Å². The number of rotatable bonds is 2. The second-order valence-electron chi connectivity index (χ2n) is 6.24. The van der Waals surface area contributed by atoms with E-state index in [1.54, 1.807) is 0 Å². The Morgan fingerprint density at radius 2 is 1.83 bits per heavy atom. The zero-order chi connectivity index (χ0) is 16.5. The van der Waals surface area contributed by atoms with Gasteiger partial charge in [-0.3, -0.25) is 4.79 Å². The lowest BCUT2D eigenvalue weighted by molar-refractivity contribution is 0.0699. The third-order valence-electron chi connectivity index (χ3n) is 4.67. The molecule has 3 aromatic rings. The van der Waals surface area contributed by atoms with Crippen LogP contribution in [0.3, 0.4) is 0 Å². The van der Waals surface area contributed by atoms with Gasteiger partial charge >= 0.3 is 0 Å². The van der Waals surface area contributed by atoms with Crippen LogP contribution in [0.4, 0.5) is 0 Å². The van der Waals surface area contributed by atoms with Crippen LogP contribution in [-0.4, -0.2) is 17.4 Å². The van der Waals surface area contributed by atoms with E-state index in [0.29, 0.717) is 0 Å². The van der Waals surface area contributed by atoms with Gasteiger partial charge in [-0.25, -0.2) is 0 Å². The first kappa shape index (κ1) is 15.2. The van der Waals surface area contributed by atoms with E-state index < -0.39 is 0 Å². The molecule has 1 aromatic heterocycles. The number of nitrogens with zero attached hydrogens (tertiary/aromatic N) is 1. The van der Waals surface area contributed by atoms with Crippen LogP contribution in [-0.2, 0) is 6.42 Å². The molecule has 0 radical (unpaired) electrons. The van der Waals surface area contributed by atoms with Crippen LogP contribution in [0.5, 0.6) is 0 Å². The average molecular weight is 333 g/mol. The van der Waals surface area contributed by atoms with Crippen LogP contribution < -0.4 is 0 Å². The monoisotopic (exact) mass is 333 g/mol. The second kappa shape index (κ2) is 6.25. The molecule has 1 atom stereocenters. The van der Waals surface area contributed by atoms with Crippen molar-refractivity contribution in [1.29, 1.82) is 0 Å². The van der Waals surface area contributed by atoms with Gasteiger partial charge in [0.1, 0.15) is 0 Å². The minimum Gasteiger partial charge on any atom is -0.326 e. The van der Waals surface area contributed by atoms with Gasteiger partial charge < -0.3 is 4.90 Å². The summed E-state index contributed by atoms with van der Waals surface area (Å²) in [5, 5.41) is 1.96. The highest BCUT2D eigenvalue weighted by molar-refractivity contribution is 7.12. The van der Waals surface area contributed by atoms with Gasteiger partial charge in [-0.05, 0) is 41.5 Å². The van der Waals surface area contributed by atoms with Crippen molar-refractivity contribution in [2.75, 3.05) is 6.54 Å². The molecular formula is C21H19NOS. The summed E-state index contributed by atoms with van der Waals surface area (Å²) in [6.45, 7) is 2.85. The SMILES string of the molecule is Cc1ccc(C2c3ccccc3CCN2C(=O)c2cccs2)cc1. The van der Waals surface area contributed by atoms with Crippen molar-refractivity contribution in [1.82, 2.24) is 4.90 Å². The van der Waals surface area contributed by atoms with E-state index in [-0.39, 0.29) is 11.9 Å². The molecule has 0 bridgehead atoms. The van der Waals surface area contributed by atoms with Gasteiger partial charge in [-0.2, -0.15) is 0 Å². The molecule has 0 N–H and O–H groups in total. The fourth-order valence-electron chi connectivity index (χ4n) is 3.44. The number of carbonyl (C=O) groups is 1. The van der Waals surface area contributed by atoms with Crippen molar-refractivity contribution in [2.45, 2.75) is 19.4 Å². The molecule has 2 heterocycles. The van der Waals surface area contributed by atoms with Crippen molar-refractivity contribution >= 4 is 17.2 Å². The lowest BCUT2D eigenvalue weighted by Crippen LogP contribution is -2.40. The highest BCUT2D eigenvalue weighted by Gasteiger charge is 2.32. The summed E-state index contributed by atoms with van der Waals surface area (Å²) in [5.74, 6) is 0.130. The minimum absolute atomic E-state index is 0.00912. The number of amides is 1. The molecule has 4 rings (SSSR count). The summed E-state index contributed by atoms with van der Waals surface area (Å²) in [6.07, 6.45) is 0.912. The summed E-state index contributed by atoms with van der Waals surface area (Å²) in [4.78, 5) is 15.9. The van der Waals surface area contributed by atoms with Crippen LogP contribution in [0.2, 0.25) is 0 Å². The van der Waals surface area contributed by atoms with E-state index in [1.807, 2.05) is 22.4 Å². The molecule has 1 unspecified atom stereocenters. The van der Waals surface area contributed by atoms with Gasteiger partial charge in [-0.15, -0.1) is 11.3 Å². The lowest BCUT2D eigenvalue weighted by atomic mass is 9.88. The van der Waals surface area contributed by atoms with Crippen LogP contribution >= 0.6 is 11.3 Å². The topological polar surface area (TPSA) is 20.3 Å². The van der Waals surface area contributed by atoms with Crippen molar-refractivity contribution in [3.05, 3.63) is 93.2 Å². The normalized spacial score (nSPS) is 16.7. The van der Waals surface area contributed by atoms with Gasteiger partial charge in [0.15, 0.2) is 0 Å². The van der Waals surface area contributed by atoms with Gasteiger partial charge in [0.2, 0.25) is 0 Å². The zero-order valence-corrected chi connectivity index (χ0v) is 14.4. The van der Waals surface area contributed by atoms with E-state index in [2.05, 4.69) is 55.5 Å². The number of benzene rings is 2. The molecule has 1 aliphatic rings. The third-order valence-corrected chi connectivity index (χ3v) is 5.53. The Kier molecular flexibility index (Phi) is 3.95. The van der Waals surface area contributed by atoms with E-state index in [1.165, 1.54) is 33.6 Å². The maximum absolute atomic E-state index is 13.1. The Balaban J connectivity index is 1.81.